The Bertz CT molecular complexity index is 571. The number of hydrogen-bond acceptors (Lipinski definition) is 6. The molecule has 1 aliphatic heterocycles. The quantitative estimate of drug-likeness (QED) is 0.798. The third-order valence-electron chi connectivity index (χ3n) is 3.72. The summed E-state index contributed by atoms with van der Waals surface area (Å²) in [6, 6.07) is 1.77. The summed E-state index contributed by atoms with van der Waals surface area (Å²) in [5.74, 6) is 1.17. The minimum Gasteiger partial charge on any atom is -0.481 e. The first-order chi connectivity index (χ1) is 9.95. The molecule has 2 rings (SSSR count). The van der Waals surface area contributed by atoms with E-state index in [0.717, 1.165) is 25.9 Å². The molecule has 2 heterocycles. The molecule has 1 fully saturated rings. The molecule has 0 aromatic carbocycles. The molecule has 0 unspecified atom stereocenters. The van der Waals surface area contributed by atoms with E-state index < -0.39 is 10.0 Å². The Hall–Kier alpha value is -1.41. The summed E-state index contributed by atoms with van der Waals surface area (Å²) in [4.78, 5) is 10.6. The van der Waals surface area contributed by atoms with Crippen molar-refractivity contribution < 1.29 is 13.2 Å². The van der Waals surface area contributed by atoms with Gasteiger partial charge in [-0.3, -0.25) is 0 Å². The normalized spacial score (nSPS) is 17.2. The number of methoxy groups -OCH3 is 1. The number of hydrogen-bond donors (Lipinski definition) is 0. The molecule has 8 heteroatoms. The lowest BCUT2D eigenvalue weighted by Crippen LogP contribution is -2.47. The van der Waals surface area contributed by atoms with Crippen molar-refractivity contribution in [1.29, 1.82) is 0 Å². The number of aromatic nitrogens is 2. The van der Waals surface area contributed by atoms with Crippen molar-refractivity contribution in [3.8, 4) is 5.88 Å². The fourth-order valence-corrected chi connectivity index (χ4v) is 3.94. The highest BCUT2D eigenvalue weighted by Gasteiger charge is 2.29. The molecule has 1 aromatic rings. The number of nitrogens with zero attached hydrogens (tertiary/aromatic N) is 4. The Morgan fingerprint density at radius 3 is 2.62 bits per heavy atom. The second-order valence-corrected chi connectivity index (χ2v) is 7.02. The zero-order valence-electron chi connectivity index (χ0n) is 12.7. The average molecular weight is 314 g/mol. The molecule has 0 radical (unpaired) electrons. The van der Waals surface area contributed by atoms with Crippen LogP contribution >= 0.6 is 0 Å². The van der Waals surface area contributed by atoms with Crippen molar-refractivity contribution >= 4 is 16.0 Å². The summed E-state index contributed by atoms with van der Waals surface area (Å²) < 4.78 is 30.2. The number of anilines is 1. The molecule has 0 aliphatic carbocycles. The van der Waals surface area contributed by atoms with Crippen molar-refractivity contribution in [2.45, 2.75) is 25.8 Å². The number of sulfonamides is 1. The second kappa shape index (κ2) is 6.57. The molecular weight excluding hydrogens is 292 g/mol. The van der Waals surface area contributed by atoms with Crippen LogP contribution in [0.1, 0.15) is 19.8 Å². The lowest BCUT2D eigenvalue weighted by atomic mass is 10.1. The maximum atomic E-state index is 11.8. The molecule has 0 spiro atoms. The first-order valence-corrected chi connectivity index (χ1v) is 8.89. The van der Waals surface area contributed by atoms with E-state index in [1.165, 1.54) is 6.26 Å². The van der Waals surface area contributed by atoms with Crippen LogP contribution in [0, 0.1) is 0 Å². The van der Waals surface area contributed by atoms with Gasteiger partial charge in [-0.1, -0.05) is 6.92 Å². The van der Waals surface area contributed by atoms with Crippen LogP contribution in [-0.4, -0.2) is 61.7 Å². The average Bonchev–Trinajstić information content (AvgIpc) is 2.47. The maximum Gasteiger partial charge on any atom is 0.228 e. The van der Waals surface area contributed by atoms with E-state index in [4.69, 9.17) is 4.74 Å². The highest BCUT2D eigenvalue weighted by Crippen LogP contribution is 2.22. The highest BCUT2D eigenvalue weighted by atomic mass is 32.2. The molecule has 0 amide bonds. The predicted molar refractivity (Wildman–Crippen MR) is 81.0 cm³/mol. The van der Waals surface area contributed by atoms with Crippen LogP contribution in [0.3, 0.4) is 0 Å². The molecule has 0 N–H and O–H groups in total. The van der Waals surface area contributed by atoms with Gasteiger partial charge in [0.25, 0.3) is 0 Å². The zero-order chi connectivity index (χ0) is 15.5. The third-order valence-corrected chi connectivity index (χ3v) is 5.13. The fourth-order valence-electron chi connectivity index (χ4n) is 2.72. The predicted octanol–water partition coefficient (Wildman–Crippen LogP) is 0.736. The fraction of sp³-hybridized carbons (Fsp3) is 0.692. The van der Waals surface area contributed by atoms with Gasteiger partial charge in [-0.15, -0.1) is 0 Å². The third kappa shape index (κ3) is 3.82. The molecule has 21 heavy (non-hydrogen) atoms. The van der Waals surface area contributed by atoms with Gasteiger partial charge in [0, 0.05) is 37.9 Å². The van der Waals surface area contributed by atoms with Crippen molar-refractivity contribution in [2.75, 3.05) is 37.9 Å². The minimum absolute atomic E-state index is 0.0619. The van der Waals surface area contributed by atoms with E-state index in [-0.39, 0.29) is 6.04 Å². The molecule has 0 atom stereocenters. The van der Waals surface area contributed by atoms with Gasteiger partial charge in [0.1, 0.15) is 0 Å². The Morgan fingerprint density at radius 2 is 2.10 bits per heavy atom. The first-order valence-electron chi connectivity index (χ1n) is 7.04. The van der Waals surface area contributed by atoms with E-state index in [2.05, 4.69) is 14.9 Å². The Morgan fingerprint density at radius 1 is 1.43 bits per heavy atom. The van der Waals surface area contributed by atoms with Crippen molar-refractivity contribution in [3.63, 3.8) is 0 Å². The van der Waals surface area contributed by atoms with Crippen molar-refractivity contribution in [2.24, 2.45) is 0 Å². The van der Waals surface area contributed by atoms with Gasteiger partial charge in [0.05, 0.1) is 13.4 Å². The van der Waals surface area contributed by atoms with E-state index in [9.17, 15) is 8.42 Å². The number of ether oxygens (including phenoxy) is 1. The van der Waals surface area contributed by atoms with E-state index in [1.54, 1.807) is 23.7 Å². The molecule has 1 aliphatic rings. The number of rotatable bonds is 5. The van der Waals surface area contributed by atoms with Crippen LogP contribution in [0.2, 0.25) is 0 Å². The molecular formula is C13H22N4O3S. The lowest BCUT2D eigenvalue weighted by molar-refractivity contribution is 0.284. The maximum absolute atomic E-state index is 11.8. The van der Waals surface area contributed by atoms with E-state index in [0.29, 0.717) is 18.4 Å². The van der Waals surface area contributed by atoms with Crippen molar-refractivity contribution in [1.82, 2.24) is 14.3 Å². The van der Waals surface area contributed by atoms with Crippen LogP contribution in [0.25, 0.3) is 0 Å². The Labute approximate surface area is 126 Å². The smallest absolute Gasteiger partial charge is 0.228 e. The van der Waals surface area contributed by atoms with Crippen LogP contribution in [0.15, 0.2) is 12.3 Å². The number of piperidine rings is 1. The van der Waals surface area contributed by atoms with Gasteiger partial charge >= 0.3 is 0 Å². The summed E-state index contributed by atoms with van der Waals surface area (Å²) in [5, 5.41) is 0. The van der Waals surface area contributed by atoms with Gasteiger partial charge < -0.3 is 9.64 Å². The van der Waals surface area contributed by atoms with E-state index >= 15 is 0 Å². The van der Waals surface area contributed by atoms with Gasteiger partial charge in [0.15, 0.2) is 0 Å². The summed E-state index contributed by atoms with van der Waals surface area (Å²) in [7, 11) is -1.57. The summed E-state index contributed by atoms with van der Waals surface area (Å²) >= 11 is 0. The summed E-state index contributed by atoms with van der Waals surface area (Å²) in [6.07, 6.45) is 4.50. The van der Waals surface area contributed by atoms with Gasteiger partial charge in [-0.25, -0.2) is 13.4 Å². The van der Waals surface area contributed by atoms with Gasteiger partial charge in [-0.05, 0) is 12.8 Å². The zero-order valence-corrected chi connectivity index (χ0v) is 13.5. The molecule has 1 aromatic heterocycles. The van der Waals surface area contributed by atoms with Crippen LogP contribution in [0.5, 0.6) is 5.88 Å². The van der Waals surface area contributed by atoms with Crippen molar-refractivity contribution in [3.05, 3.63) is 12.3 Å². The summed E-state index contributed by atoms with van der Waals surface area (Å²) in [6.45, 7) is 3.87. The SMILES string of the molecule is CCN(C1CCN(c2nccc(OC)n2)CC1)S(C)(=O)=O. The highest BCUT2D eigenvalue weighted by molar-refractivity contribution is 7.88. The first kappa shape index (κ1) is 16.0. The van der Waals surface area contributed by atoms with Crippen LogP contribution in [-0.2, 0) is 10.0 Å². The lowest BCUT2D eigenvalue weighted by Gasteiger charge is -2.36. The Kier molecular flexibility index (Phi) is 5.00. The largest absolute Gasteiger partial charge is 0.481 e. The molecule has 7 nitrogen and oxygen atoms in total. The minimum atomic E-state index is -3.14. The Balaban J connectivity index is 2.02. The standard InChI is InChI=1S/C13H22N4O3S/c1-4-17(21(3,18)19)11-6-9-16(10-7-11)13-14-8-5-12(15-13)20-2/h5,8,11H,4,6-7,9-10H2,1-3H3. The molecule has 1 saturated heterocycles. The second-order valence-electron chi connectivity index (χ2n) is 5.08. The molecule has 0 saturated carbocycles. The topological polar surface area (TPSA) is 75.6 Å². The monoisotopic (exact) mass is 314 g/mol. The van der Waals surface area contributed by atoms with Crippen LogP contribution in [0.4, 0.5) is 5.95 Å². The van der Waals surface area contributed by atoms with Crippen LogP contribution < -0.4 is 9.64 Å². The molecule has 118 valence electrons. The molecule has 0 bridgehead atoms. The van der Waals surface area contributed by atoms with Gasteiger partial charge in [-0.2, -0.15) is 9.29 Å². The van der Waals surface area contributed by atoms with Gasteiger partial charge in [0.2, 0.25) is 21.9 Å². The van der Waals surface area contributed by atoms with E-state index in [1.807, 2.05) is 6.92 Å². The summed E-state index contributed by atoms with van der Waals surface area (Å²) in [5.41, 5.74) is 0.